The number of hydrogen-bond donors (Lipinski definition) is 2. The topological polar surface area (TPSA) is 79.3 Å². The van der Waals surface area contributed by atoms with Crippen LogP contribution in [-0.4, -0.2) is 10.0 Å². The van der Waals surface area contributed by atoms with E-state index in [0.717, 1.165) is 22.1 Å². The highest BCUT2D eigenvalue weighted by Crippen LogP contribution is 2.27. The van der Waals surface area contributed by atoms with Crippen molar-refractivity contribution in [3.8, 4) is 11.3 Å². The summed E-state index contributed by atoms with van der Waals surface area (Å²) in [4.78, 5) is 10.4. The molecule has 0 aliphatic carbocycles. The first kappa shape index (κ1) is 19.8. The maximum Gasteiger partial charge on any atom is 0.339 e. The molecule has 0 saturated carbocycles. The SMILES string of the molecule is O=[N+]([O-])c1ccc(C(O)C[n+]2c(-c3ccccc3)csc2Nc2ccccc2)cc1. The third-order valence-electron chi connectivity index (χ3n) is 4.76. The second-order valence-electron chi connectivity index (χ2n) is 6.76. The van der Waals surface area contributed by atoms with Crippen LogP contribution >= 0.6 is 11.3 Å². The van der Waals surface area contributed by atoms with Crippen molar-refractivity contribution >= 4 is 27.8 Å². The molecule has 3 aromatic carbocycles. The van der Waals surface area contributed by atoms with Crippen LogP contribution in [0.2, 0.25) is 0 Å². The predicted molar refractivity (Wildman–Crippen MR) is 118 cm³/mol. The summed E-state index contributed by atoms with van der Waals surface area (Å²) in [6.45, 7) is 0.306. The Hall–Kier alpha value is -3.55. The van der Waals surface area contributed by atoms with E-state index in [0.29, 0.717) is 12.1 Å². The van der Waals surface area contributed by atoms with Gasteiger partial charge in [0.2, 0.25) is 0 Å². The molecule has 0 saturated heterocycles. The van der Waals surface area contributed by atoms with Crippen molar-refractivity contribution in [1.82, 2.24) is 0 Å². The van der Waals surface area contributed by atoms with Crippen molar-refractivity contribution in [2.45, 2.75) is 12.6 Å². The van der Waals surface area contributed by atoms with E-state index in [9.17, 15) is 15.2 Å². The monoisotopic (exact) mass is 418 g/mol. The molecular formula is C23H20N3O3S+. The molecule has 6 nitrogen and oxygen atoms in total. The number of nitro benzene ring substituents is 1. The number of aromatic nitrogens is 1. The van der Waals surface area contributed by atoms with Gasteiger partial charge in [-0.15, -0.1) is 0 Å². The van der Waals surface area contributed by atoms with Gasteiger partial charge in [0, 0.05) is 23.1 Å². The summed E-state index contributed by atoms with van der Waals surface area (Å²) in [6, 6.07) is 25.9. The number of nitrogens with zero attached hydrogens (tertiary/aromatic N) is 2. The van der Waals surface area contributed by atoms with Crippen molar-refractivity contribution in [3.05, 3.63) is 106 Å². The Morgan fingerprint density at radius 1 is 0.967 bits per heavy atom. The predicted octanol–water partition coefficient (Wildman–Crippen LogP) is 5.09. The van der Waals surface area contributed by atoms with Gasteiger partial charge >= 0.3 is 5.13 Å². The molecule has 0 aliphatic heterocycles. The maximum absolute atomic E-state index is 10.9. The number of aliphatic hydroxyl groups excluding tert-OH is 1. The van der Waals surface area contributed by atoms with Crippen LogP contribution in [0.15, 0.2) is 90.3 Å². The van der Waals surface area contributed by atoms with Crippen LogP contribution in [-0.2, 0) is 6.54 Å². The van der Waals surface area contributed by atoms with E-state index in [-0.39, 0.29) is 5.69 Å². The molecule has 30 heavy (non-hydrogen) atoms. The van der Waals surface area contributed by atoms with Crippen LogP contribution in [0.1, 0.15) is 11.7 Å². The average Bonchev–Trinajstić information content (AvgIpc) is 3.17. The van der Waals surface area contributed by atoms with Gasteiger partial charge in [0.05, 0.1) is 4.92 Å². The number of thiazole rings is 1. The van der Waals surface area contributed by atoms with Gasteiger partial charge in [0.1, 0.15) is 24.0 Å². The van der Waals surface area contributed by atoms with E-state index >= 15 is 0 Å². The standard InChI is InChI=1S/C23H19N3O3S/c27-22(18-11-13-20(14-12-18)26(28)29)15-25-21(17-7-3-1-4-8-17)16-30-23(25)24-19-9-5-2-6-10-19/h1-14,16,22,27H,15H2/p+1. The number of anilines is 2. The van der Waals surface area contributed by atoms with E-state index < -0.39 is 11.0 Å². The minimum Gasteiger partial charge on any atom is -0.384 e. The van der Waals surface area contributed by atoms with E-state index in [2.05, 4.69) is 10.7 Å². The quantitative estimate of drug-likeness (QED) is 0.249. The molecule has 0 spiro atoms. The van der Waals surface area contributed by atoms with E-state index in [1.807, 2.05) is 65.2 Å². The third kappa shape index (κ3) is 4.37. The first-order valence-electron chi connectivity index (χ1n) is 9.43. The lowest BCUT2D eigenvalue weighted by molar-refractivity contribution is -0.676. The summed E-state index contributed by atoms with van der Waals surface area (Å²) < 4.78 is 2.04. The molecular weight excluding hydrogens is 398 g/mol. The third-order valence-corrected chi connectivity index (χ3v) is 5.64. The fourth-order valence-electron chi connectivity index (χ4n) is 3.20. The highest BCUT2D eigenvalue weighted by atomic mass is 32.1. The van der Waals surface area contributed by atoms with Gasteiger partial charge in [0.25, 0.3) is 5.69 Å². The van der Waals surface area contributed by atoms with Gasteiger partial charge in [-0.2, -0.15) is 0 Å². The highest BCUT2D eigenvalue weighted by molar-refractivity contribution is 7.13. The summed E-state index contributed by atoms with van der Waals surface area (Å²) in [5.41, 5.74) is 3.62. The molecule has 0 aliphatic rings. The minimum atomic E-state index is -0.816. The molecule has 0 amide bonds. The van der Waals surface area contributed by atoms with Crippen LogP contribution in [0.25, 0.3) is 11.3 Å². The summed E-state index contributed by atoms with van der Waals surface area (Å²) in [5, 5.41) is 28.1. The molecule has 2 N–H and O–H groups in total. The number of nitro groups is 1. The van der Waals surface area contributed by atoms with E-state index in [4.69, 9.17) is 0 Å². The van der Waals surface area contributed by atoms with Gasteiger partial charge in [-0.1, -0.05) is 59.9 Å². The van der Waals surface area contributed by atoms with E-state index in [1.165, 1.54) is 12.1 Å². The van der Waals surface area contributed by atoms with E-state index in [1.54, 1.807) is 23.5 Å². The molecule has 1 aromatic heterocycles. The van der Waals surface area contributed by atoms with Gasteiger partial charge in [-0.05, 0) is 29.8 Å². The lowest BCUT2D eigenvalue weighted by atomic mass is 10.1. The Morgan fingerprint density at radius 2 is 1.60 bits per heavy atom. The molecule has 0 fully saturated rings. The molecule has 1 heterocycles. The number of benzene rings is 3. The Balaban J connectivity index is 1.67. The average molecular weight is 418 g/mol. The lowest BCUT2D eigenvalue weighted by Crippen LogP contribution is -2.39. The molecule has 0 bridgehead atoms. The molecule has 1 atom stereocenters. The molecule has 0 radical (unpaired) electrons. The van der Waals surface area contributed by atoms with Crippen molar-refractivity contribution in [3.63, 3.8) is 0 Å². The first-order valence-corrected chi connectivity index (χ1v) is 10.3. The summed E-state index contributed by atoms with van der Waals surface area (Å²) >= 11 is 1.56. The molecule has 7 heteroatoms. The maximum atomic E-state index is 10.9. The fourth-order valence-corrected chi connectivity index (χ4v) is 4.16. The fraction of sp³-hybridized carbons (Fsp3) is 0.0870. The zero-order valence-corrected chi connectivity index (χ0v) is 16.8. The second-order valence-corrected chi connectivity index (χ2v) is 7.62. The van der Waals surface area contributed by atoms with Gasteiger partial charge in [-0.25, -0.2) is 9.88 Å². The largest absolute Gasteiger partial charge is 0.384 e. The van der Waals surface area contributed by atoms with Gasteiger partial charge in [0.15, 0.2) is 0 Å². The second kappa shape index (κ2) is 8.86. The number of rotatable bonds is 7. The normalized spacial score (nSPS) is 11.8. The Morgan fingerprint density at radius 3 is 2.23 bits per heavy atom. The highest BCUT2D eigenvalue weighted by Gasteiger charge is 2.23. The Labute approximate surface area is 177 Å². The first-order chi connectivity index (χ1) is 14.6. The van der Waals surface area contributed by atoms with Crippen molar-refractivity contribution in [1.29, 1.82) is 0 Å². The number of aliphatic hydroxyl groups is 1. The van der Waals surface area contributed by atoms with Crippen LogP contribution < -0.4 is 9.88 Å². The number of para-hydroxylation sites is 1. The molecule has 1 unspecified atom stereocenters. The summed E-state index contributed by atoms with van der Waals surface area (Å²) in [7, 11) is 0. The summed E-state index contributed by atoms with van der Waals surface area (Å²) in [6.07, 6.45) is -0.816. The van der Waals surface area contributed by atoms with Crippen molar-refractivity contribution < 1.29 is 14.6 Å². The molecule has 4 rings (SSSR count). The summed E-state index contributed by atoms with van der Waals surface area (Å²) in [5.74, 6) is 0. The molecule has 150 valence electrons. The van der Waals surface area contributed by atoms with Crippen LogP contribution in [0.4, 0.5) is 16.5 Å². The Bertz CT molecular complexity index is 1130. The molecule has 4 aromatic rings. The van der Waals surface area contributed by atoms with Crippen LogP contribution in [0.3, 0.4) is 0 Å². The number of non-ortho nitro benzene ring substituents is 1. The van der Waals surface area contributed by atoms with Crippen LogP contribution in [0, 0.1) is 10.1 Å². The zero-order valence-electron chi connectivity index (χ0n) is 16.0. The minimum absolute atomic E-state index is 0.00513. The smallest absolute Gasteiger partial charge is 0.339 e. The number of hydrogen-bond acceptors (Lipinski definition) is 5. The van der Waals surface area contributed by atoms with Gasteiger partial charge in [-0.3, -0.25) is 10.1 Å². The number of nitrogens with one attached hydrogen (secondary N) is 1. The van der Waals surface area contributed by atoms with Crippen molar-refractivity contribution in [2.24, 2.45) is 0 Å². The van der Waals surface area contributed by atoms with Crippen LogP contribution in [0.5, 0.6) is 0 Å². The zero-order chi connectivity index (χ0) is 20.9. The van der Waals surface area contributed by atoms with Gasteiger partial charge < -0.3 is 5.11 Å². The van der Waals surface area contributed by atoms with Crippen molar-refractivity contribution in [2.75, 3.05) is 5.32 Å². The Kier molecular flexibility index (Phi) is 5.83. The lowest BCUT2D eigenvalue weighted by Gasteiger charge is -2.12.